The topological polar surface area (TPSA) is 46.9 Å². The summed E-state index contributed by atoms with van der Waals surface area (Å²) in [6, 6.07) is 2.90. The molecule has 0 bridgehead atoms. The Kier molecular flexibility index (Phi) is 3.90. The van der Waals surface area contributed by atoms with Crippen molar-refractivity contribution >= 4 is 11.7 Å². The van der Waals surface area contributed by atoms with Gasteiger partial charge in [0.25, 0.3) is 5.91 Å². The molecule has 0 spiro atoms. The zero-order valence-electron chi connectivity index (χ0n) is 11.2. The number of nitrogens with zero attached hydrogens (tertiary/aromatic N) is 2. The number of anilines is 1. The number of aryl methyl sites for hydroxylation is 1. The van der Waals surface area contributed by atoms with Crippen molar-refractivity contribution in [3.63, 3.8) is 0 Å². The van der Waals surface area contributed by atoms with Crippen LogP contribution in [-0.2, 0) is 13.0 Å². The Labute approximate surface area is 121 Å². The molecule has 0 saturated heterocycles. The number of hydrogen-bond acceptors (Lipinski definition) is 2. The number of nitrogens with one attached hydrogen (secondary N) is 1. The lowest BCUT2D eigenvalue weighted by molar-refractivity contribution is -0.289. The van der Waals surface area contributed by atoms with E-state index >= 15 is 0 Å². The van der Waals surface area contributed by atoms with Gasteiger partial charge in [0.05, 0.1) is 11.1 Å². The highest BCUT2D eigenvalue weighted by molar-refractivity contribution is 6.04. The highest BCUT2D eigenvalue weighted by Gasteiger charge is 2.60. The van der Waals surface area contributed by atoms with Crippen LogP contribution in [-0.4, -0.2) is 21.6 Å². The molecule has 2 aromatic heterocycles. The molecular weight excluding hydrogens is 309 g/mol. The molecule has 0 aliphatic heterocycles. The minimum absolute atomic E-state index is 0.106. The van der Waals surface area contributed by atoms with Crippen LogP contribution in [0.15, 0.2) is 36.8 Å². The molecule has 9 heteroatoms. The lowest BCUT2D eigenvalue weighted by Crippen LogP contribution is -2.35. The minimum atomic E-state index is -5.79. The molecule has 0 aliphatic rings. The SMILES string of the molecule is Cn1ccc(C(=O)Nc2ncccc2C(F)(F)C(F)(F)F)c1. The number of carbonyl (C=O) groups is 1. The van der Waals surface area contributed by atoms with Gasteiger partial charge in [0.1, 0.15) is 5.82 Å². The zero-order valence-corrected chi connectivity index (χ0v) is 11.2. The molecule has 0 aromatic carbocycles. The third-order valence-corrected chi connectivity index (χ3v) is 2.83. The van der Waals surface area contributed by atoms with Crippen molar-refractivity contribution in [2.45, 2.75) is 12.1 Å². The van der Waals surface area contributed by atoms with Crippen LogP contribution in [0, 0.1) is 0 Å². The number of aromatic nitrogens is 2. The lowest BCUT2D eigenvalue weighted by atomic mass is 10.1. The summed E-state index contributed by atoms with van der Waals surface area (Å²) in [5, 5.41) is 1.97. The summed E-state index contributed by atoms with van der Waals surface area (Å²) >= 11 is 0. The Morgan fingerprint density at radius 3 is 2.45 bits per heavy atom. The molecule has 4 nitrogen and oxygen atoms in total. The van der Waals surface area contributed by atoms with E-state index in [4.69, 9.17) is 0 Å². The number of pyridine rings is 1. The van der Waals surface area contributed by atoms with Crippen molar-refractivity contribution in [1.29, 1.82) is 0 Å². The van der Waals surface area contributed by atoms with E-state index in [1.807, 2.05) is 5.32 Å². The van der Waals surface area contributed by atoms with Gasteiger partial charge in [-0.1, -0.05) is 0 Å². The van der Waals surface area contributed by atoms with Crippen molar-refractivity contribution < 1.29 is 26.7 Å². The number of carbonyl (C=O) groups excluding carboxylic acids is 1. The number of halogens is 5. The first-order chi connectivity index (χ1) is 10.1. The molecule has 0 radical (unpaired) electrons. The van der Waals surface area contributed by atoms with Gasteiger partial charge >= 0.3 is 12.1 Å². The normalized spacial score (nSPS) is 12.3. The maximum atomic E-state index is 13.5. The van der Waals surface area contributed by atoms with E-state index in [9.17, 15) is 26.7 Å². The smallest absolute Gasteiger partial charge is 0.356 e. The van der Waals surface area contributed by atoms with Gasteiger partial charge in [0.15, 0.2) is 0 Å². The van der Waals surface area contributed by atoms with Crippen LogP contribution < -0.4 is 5.32 Å². The van der Waals surface area contributed by atoms with E-state index in [-0.39, 0.29) is 5.56 Å². The minimum Gasteiger partial charge on any atom is -0.356 e. The Hall–Kier alpha value is -2.45. The Morgan fingerprint density at radius 2 is 1.91 bits per heavy atom. The van der Waals surface area contributed by atoms with E-state index < -0.39 is 29.4 Å². The highest BCUT2D eigenvalue weighted by Crippen LogP contribution is 2.45. The van der Waals surface area contributed by atoms with Crippen LogP contribution in [0.2, 0.25) is 0 Å². The fraction of sp³-hybridized carbons (Fsp3) is 0.231. The third-order valence-electron chi connectivity index (χ3n) is 2.83. The van der Waals surface area contributed by atoms with E-state index in [0.717, 1.165) is 12.3 Å². The number of hydrogen-bond donors (Lipinski definition) is 1. The second-order valence-corrected chi connectivity index (χ2v) is 4.49. The van der Waals surface area contributed by atoms with Gasteiger partial charge < -0.3 is 9.88 Å². The molecule has 0 fully saturated rings. The second-order valence-electron chi connectivity index (χ2n) is 4.49. The van der Waals surface area contributed by atoms with Crippen molar-refractivity contribution in [3.05, 3.63) is 47.9 Å². The maximum absolute atomic E-state index is 13.5. The molecule has 0 saturated carbocycles. The van der Waals surface area contributed by atoms with Gasteiger partial charge in [-0.05, 0) is 18.2 Å². The maximum Gasteiger partial charge on any atom is 0.458 e. The summed E-state index contributed by atoms with van der Waals surface area (Å²) in [6.45, 7) is 0. The van der Waals surface area contributed by atoms with Gasteiger partial charge in [-0.25, -0.2) is 4.98 Å². The summed E-state index contributed by atoms with van der Waals surface area (Å²) in [5.41, 5.74) is -1.30. The quantitative estimate of drug-likeness (QED) is 0.882. The van der Waals surface area contributed by atoms with E-state index in [1.54, 1.807) is 7.05 Å². The zero-order chi connectivity index (χ0) is 16.5. The second kappa shape index (κ2) is 5.39. The molecule has 22 heavy (non-hydrogen) atoms. The predicted molar refractivity (Wildman–Crippen MR) is 67.6 cm³/mol. The molecule has 0 atom stereocenters. The first-order valence-corrected chi connectivity index (χ1v) is 5.96. The fourth-order valence-electron chi connectivity index (χ4n) is 1.73. The van der Waals surface area contributed by atoms with Crippen molar-refractivity contribution in [2.75, 3.05) is 5.32 Å². The highest BCUT2D eigenvalue weighted by atomic mass is 19.4. The molecule has 2 aromatic rings. The van der Waals surface area contributed by atoms with Crippen LogP contribution >= 0.6 is 0 Å². The van der Waals surface area contributed by atoms with Crippen LogP contribution in [0.1, 0.15) is 15.9 Å². The first kappa shape index (κ1) is 15.9. The van der Waals surface area contributed by atoms with Gasteiger partial charge in [-0.15, -0.1) is 0 Å². The molecule has 0 unspecified atom stereocenters. The fourth-order valence-corrected chi connectivity index (χ4v) is 1.73. The first-order valence-electron chi connectivity index (χ1n) is 5.96. The molecule has 2 rings (SSSR count). The van der Waals surface area contributed by atoms with Crippen LogP contribution in [0.25, 0.3) is 0 Å². The molecule has 2 heterocycles. The van der Waals surface area contributed by atoms with E-state index in [1.165, 1.54) is 23.0 Å². The van der Waals surface area contributed by atoms with Crippen molar-refractivity contribution in [2.24, 2.45) is 7.05 Å². The van der Waals surface area contributed by atoms with E-state index in [0.29, 0.717) is 6.07 Å². The van der Waals surface area contributed by atoms with E-state index in [2.05, 4.69) is 4.98 Å². The van der Waals surface area contributed by atoms with Crippen LogP contribution in [0.3, 0.4) is 0 Å². The summed E-state index contributed by atoms with van der Waals surface area (Å²) in [5.74, 6) is -6.79. The van der Waals surface area contributed by atoms with Gasteiger partial charge in [0.2, 0.25) is 0 Å². The Morgan fingerprint density at radius 1 is 1.23 bits per heavy atom. The molecule has 1 N–H and O–H groups in total. The number of amides is 1. The van der Waals surface area contributed by atoms with Crippen molar-refractivity contribution in [1.82, 2.24) is 9.55 Å². The molecule has 1 amide bonds. The predicted octanol–water partition coefficient (Wildman–Crippen LogP) is 3.33. The lowest BCUT2D eigenvalue weighted by Gasteiger charge is -2.21. The van der Waals surface area contributed by atoms with Crippen LogP contribution in [0.4, 0.5) is 27.8 Å². The average molecular weight is 319 g/mol. The molecule has 118 valence electrons. The summed E-state index contributed by atoms with van der Waals surface area (Å²) in [7, 11) is 1.63. The molecule has 0 aliphatic carbocycles. The Balaban J connectivity index is 2.35. The standard InChI is InChI=1S/C13H10F5N3O/c1-21-6-4-8(7-21)11(22)20-10-9(3-2-5-19-10)12(14,15)13(16,17)18/h2-7H,1H3,(H,19,20,22). The number of rotatable bonds is 3. The summed E-state index contributed by atoms with van der Waals surface area (Å²) in [4.78, 5) is 15.3. The van der Waals surface area contributed by atoms with Crippen LogP contribution in [0.5, 0.6) is 0 Å². The Bertz CT molecular complexity index is 693. The summed E-state index contributed by atoms with van der Waals surface area (Å²) < 4.78 is 65.9. The third kappa shape index (κ3) is 2.92. The molecular formula is C13H10F5N3O. The van der Waals surface area contributed by atoms with Crippen molar-refractivity contribution in [3.8, 4) is 0 Å². The van der Waals surface area contributed by atoms with Gasteiger partial charge in [-0.2, -0.15) is 22.0 Å². The van der Waals surface area contributed by atoms with Gasteiger partial charge in [-0.3, -0.25) is 4.79 Å². The average Bonchev–Trinajstić information content (AvgIpc) is 2.84. The largest absolute Gasteiger partial charge is 0.458 e. The summed E-state index contributed by atoms with van der Waals surface area (Å²) in [6.07, 6.45) is -1.86. The van der Waals surface area contributed by atoms with Gasteiger partial charge in [0, 0.05) is 25.6 Å². The number of alkyl halides is 5. The monoisotopic (exact) mass is 319 g/mol.